The molecule has 0 aliphatic heterocycles. The van der Waals surface area contributed by atoms with Gasteiger partial charge in [0.25, 0.3) is 0 Å². The molecule has 3 heteroatoms. The van der Waals surface area contributed by atoms with Gasteiger partial charge in [0, 0.05) is 11.6 Å². The molecule has 0 amide bonds. The van der Waals surface area contributed by atoms with Crippen molar-refractivity contribution in [2.24, 2.45) is 5.73 Å². The van der Waals surface area contributed by atoms with E-state index < -0.39 is 0 Å². The Morgan fingerprint density at radius 1 is 1.11 bits per heavy atom. The number of rotatable bonds is 5. The van der Waals surface area contributed by atoms with Crippen LogP contribution in [0, 0.1) is 0 Å². The highest BCUT2D eigenvalue weighted by Gasteiger charge is 2.04. The number of benzene rings is 2. The van der Waals surface area contributed by atoms with Crippen LogP contribution in [-0.4, -0.2) is 7.11 Å². The summed E-state index contributed by atoms with van der Waals surface area (Å²) in [5.41, 5.74) is 7.95. The van der Waals surface area contributed by atoms with Crippen LogP contribution in [-0.2, 0) is 6.61 Å². The van der Waals surface area contributed by atoms with Gasteiger partial charge in [0.05, 0.1) is 7.11 Å². The molecule has 1 atom stereocenters. The molecule has 2 aromatic rings. The van der Waals surface area contributed by atoms with Crippen molar-refractivity contribution in [3.05, 3.63) is 59.7 Å². The van der Waals surface area contributed by atoms with E-state index >= 15 is 0 Å². The first-order chi connectivity index (χ1) is 9.20. The molecule has 0 unspecified atom stereocenters. The highest BCUT2D eigenvalue weighted by molar-refractivity contribution is 5.34. The Hall–Kier alpha value is -2.00. The third-order valence-corrected chi connectivity index (χ3v) is 2.97. The van der Waals surface area contributed by atoms with E-state index in [1.807, 2.05) is 55.5 Å². The summed E-state index contributed by atoms with van der Waals surface area (Å²) in [6, 6.07) is 15.7. The van der Waals surface area contributed by atoms with Crippen LogP contribution in [0.25, 0.3) is 0 Å². The Balaban J connectivity index is 2.08. The van der Waals surface area contributed by atoms with Gasteiger partial charge in [0.2, 0.25) is 0 Å². The van der Waals surface area contributed by atoms with E-state index in [0.29, 0.717) is 6.61 Å². The van der Waals surface area contributed by atoms with Gasteiger partial charge in [-0.2, -0.15) is 0 Å². The molecule has 0 radical (unpaired) electrons. The van der Waals surface area contributed by atoms with Gasteiger partial charge in [-0.3, -0.25) is 0 Å². The maximum absolute atomic E-state index is 5.86. The number of hydrogen-bond donors (Lipinski definition) is 1. The quantitative estimate of drug-likeness (QED) is 0.893. The maximum atomic E-state index is 5.86. The molecule has 2 N–H and O–H groups in total. The van der Waals surface area contributed by atoms with E-state index in [2.05, 4.69) is 0 Å². The third kappa shape index (κ3) is 3.48. The van der Waals surface area contributed by atoms with Crippen molar-refractivity contribution >= 4 is 0 Å². The van der Waals surface area contributed by atoms with Gasteiger partial charge in [0.15, 0.2) is 0 Å². The molecular formula is C16H19NO2. The van der Waals surface area contributed by atoms with Gasteiger partial charge < -0.3 is 15.2 Å². The standard InChI is InChI=1S/C16H19NO2/c1-12(17)13-7-5-8-15(10-13)19-11-14-6-3-4-9-16(14)18-2/h3-10,12H,11,17H2,1-2H3/t12-/m1/s1. The van der Waals surface area contributed by atoms with Gasteiger partial charge in [-0.05, 0) is 30.7 Å². The molecule has 2 aromatic carbocycles. The van der Waals surface area contributed by atoms with Gasteiger partial charge >= 0.3 is 0 Å². The van der Waals surface area contributed by atoms with E-state index in [0.717, 1.165) is 22.6 Å². The Morgan fingerprint density at radius 3 is 2.63 bits per heavy atom. The highest BCUT2D eigenvalue weighted by atomic mass is 16.5. The Kier molecular flexibility index (Phi) is 4.42. The van der Waals surface area contributed by atoms with E-state index in [-0.39, 0.29) is 6.04 Å². The smallest absolute Gasteiger partial charge is 0.125 e. The predicted molar refractivity (Wildman–Crippen MR) is 76.4 cm³/mol. The lowest BCUT2D eigenvalue weighted by atomic mass is 10.1. The summed E-state index contributed by atoms with van der Waals surface area (Å²) in [7, 11) is 1.66. The number of nitrogens with two attached hydrogens (primary N) is 1. The van der Waals surface area contributed by atoms with E-state index in [9.17, 15) is 0 Å². The fraction of sp³-hybridized carbons (Fsp3) is 0.250. The first-order valence-electron chi connectivity index (χ1n) is 6.31. The van der Waals surface area contributed by atoms with Crippen LogP contribution in [0.1, 0.15) is 24.1 Å². The third-order valence-electron chi connectivity index (χ3n) is 2.97. The zero-order chi connectivity index (χ0) is 13.7. The minimum atomic E-state index is 0.00908. The SMILES string of the molecule is COc1ccccc1COc1cccc([C@@H](C)N)c1. The van der Waals surface area contributed by atoms with Crippen molar-refractivity contribution in [3.63, 3.8) is 0 Å². The maximum Gasteiger partial charge on any atom is 0.125 e. The van der Waals surface area contributed by atoms with Crippen molar-refractivity contribution in [3.8, 4) is 11.5 Å². The van der Waals surface area contributed by atoms with Gasteiger partial charge in [-0.1, -0.05) is 30.3 Å². The number of methoxy groups -OCH3 is 1. The fourth-order valence-corrected chi connectivity index (χ4v) is 1.87. The summed E-state index contributed by atoms with van der Waals surface area (Å²) in [5.74, 6) is 1.66. The molecule has 0 saturated heterocycles. The van der Waals surface area contributed by atoms with Crippen LogP contribution >= 0.6 is 0 Å². The predicted octanol–water partition coefficient (Wildman–Crippen LogP) is 3.29. The molecule has 0 heterocycles. The monoisotopic (exact) mass is 257 g/mol. The molecule has 19 heavy (non-hydrogen) atoms. The van der Waals surface area contributed by atoms with E-state index in [4.69, 9.17) is 15.2 Å². The topological polar surface area (TPSA) is 44.5 Å². The molecule has 3 nitrogen and oxygen atoms in total. The van der Waals surface area contributed by atoms with Crippen molar-refractivity contribution in [2.75, 3.05) is 7.11 Å². The first-order valence-corrected chi connectivity index (χ1v) is 6.31. The number of ether oxygens (including phenoxy) is 2. The molecule has 0 bridgehead atoms. The molecule has 0 aliphatic carbocycles. The second kappa shape index (κ2) is 6.25. The molecule has 0 spiro atoms. The zero-order valence-electron chi connectivity index (χ0n) is 11.3. The normalized spacial score (nSPS) is 11.9. The van der Waals surface area contributed by atoms with Gasteiger partial charge in [-0.25, -0.2) is 0 Å². The lowest BCUT2D eigenvalue weighted by molar-refractivity contribution is 0.296. The van der Waals surface area contributed by atoms with Crippen LogP contribution in [0.15, 0.2) is 48.5 Å². The van der Waals surface area contributed by atoms with E-state index in [1.165, 1.54) is 0 Å². The second-order valence-electron chi connectivity index (χ2n) is 4.46. The molecule has 0 aliphatic rings. The van der Waals surface area contributed by atoms with Crippen LogP contribution < -0.4 is 15.2 Å². The average Bonchev–Trinajstić information content (AvgIpc) is 2.45. The number of hydrogen-bond acceptors (Lipinski definition) is 3. The van der Waals surface area contributed by atoms with E-state index in [1.54, 1.807) is 7.11 Å². The molecule has 100 valence electrons. The minimum absolute atomic E-state index is 0.00908. The number of para-hydroxylation sites is 1. The second-order valence-corrected chi connectivity index (χ2v) is 4.46. The van der Waals surface area contributed by atoms with Crippen LogP contribution in [0.5, 0.6) is 11.5 Å². The molecule has 0 saturated carbocycles. The molecule has 0 aromatic heterocycles. The fourth-order valence-electron chi connectivity index (χ4n) is 1.87. The summed E-state index contributed by atoms with van der Waals surface area (Å²) >= 11 is 0. The zero-order valence-corrected chi connectivity index (χ0v) is 11.3. The van der Waals surface area contributed by atoms with Crippen molar-refractivity contribution in [1.29, 1.82) is 0 Å². The molecular weight excluding hydrogens is 238 g/mol. The first kappa shape index (κ1) is 13.4. The largest absolute Gasteiger partial charge is 0.496 e. The Morgan fingerprint density at radius 2 is 1.89 bits per heavy atom. The van der Waals surface area contributed by atoms with Crippen molar-refractivity contribution in [2.45, 2.75) is 19.6 Å². The average molecular weight is 257 g/mol. The summed E-state index contributed by atoms with van der Waals surface area (Å²) < 4.78 is 11.1. The van der Waals surface area contributed by atoms with Crippen molar-refractivity contribution < 1.29 is 9.47 Å². The lowest BCUT2D eigenvalue weighted by Crippen LogP contribution is -2.05. The van der Waals surface area contributed by atoms with Crippen LogP contribution in [0.2, 0.25) is 0 Å². The summed E-state index contributed by atoms with van der Waals surface area (Å²) in [5, 5.41) is 0. The minimum Gasteiger partial charge on any atom is -0.496 e. The highest BCUT2D eigenvalue weighted by Crippen LogP contribution is 2.22. The Bertz CT molecular complexity index is 538. The van der Waals surface area contributed by atoms with Crippen LogP contribution in [0.4, 0.5) is 0 Å². The summed E-state index contributed by atoms with van der Waals surface area (Å²) in [6.07, 6.45) is 0. The van der Waals surface area contributed by atoms with Gasteiger partial charge in [-0.15, -0.1) is 0 Å². The molecule has 2 rings (SSSR count). The summed E-state index contributed by atoms with van der Waals surface area (Å²) in [4.78, 5) is 0. The van der Waals surface area contributed by atoms with Gasteiger partial charge in [0.1, 0.15) is 18.1 Å². The summed E-state index contributed by atoms with van der Waals surface area (Å²) in [6.45, 7) is 2.44. The lowest BCUT2D eigenvalue weighted by Gasteiger charge is -2.12. The molecule has 0 fully saturated rings. The van der Waals surface area contributed by atoms with Crippen molar-refractivity contribution in [1.82, 2.24) is 0 Å². The van der Waals surface area contributed by atoms with Crippen LogP contribution in [0.3, 0.4) is 0 Å². The Labute approximate surface area is 114 Å².